The van der Waals surface area contributed by atoms with Crippen molar-refractivity contribution in [2.45, 2.75) is 58.3 Å². The second kappa shape index (κ2) is 12.2. The highest BCUT2D eigenvalue weighted by molar-refractivity contribution is 6.01. The van der Waals surface area contributed by atoms with Crippen LogP contribution in [0.3, 0.4) is 0 Å². The summed E-state index contributed by atoms with van der Waals surface area (Å²) in [5.41, 5.74) is 0. The Hall–Kier alpha value is -3.31. The van der Waals surface area contributed by atoms with Crippen LogP contribution in [0.15, 0.2) is 0 Å². The van der Waals surface area contributed by atoms with E-state index in [9.17, 15) is 33.6 Å². The average Bonchev–Trinajstić information content (AvgIpc) is 2.99. The molecule has 1 fully saturated rings. The summed E-state index contributed by atoms with van der Waals surface area (Å²) in [6.07, 6.45) is 1.03. The van der Waals surface area contributed by atoms with Gasteiger partial charge in [0.05, 0.1) is 0 Å². The SMILES string of the molecule is CCCC(=O)N(C=O)OC(=O)CCCCC(=O)NCC(=O)ON1C(=O)CCC1=O. The summed E-state index contributed by atoms with van der Waals surface area (Å²) in [5, 5.41) is 3.00. The minimum absolute atomic E-state index is 0.00566. The van der Waals surface area contributed by atoms with Crippen LogP contribution in [0.25, 0.3) is 0 Å². The van der Waals surface area contributed by atoms with E-state index in [0.29, 0.717) is 16.5 Å². The van der Waals surface area contributed by atoms with Gasteiger partial charge < -0.3 is 15.0 Å². The lowest BCUT2D eigenvalue weighted by Crippen LogP contribution is -2.37. The van der Waals surface area contributed by atoms with Gasteiger partial charge in [0, 0.05) is 32.1 Å². The van der Waals surface area contributed by atoms with Crippen LogP contribution in [0.2, 0.25) is 0 Å². The van der Waals surface area contributed by atoms with Crippen molar-refractivity contribution < 1.29 is 43.2 Å². The summed E-state index contributed by atoms with van der Waals surface area (Å²) in [5.74, 6) is -4.11. The van der Waals surface area contributed by atoms with E-state index in [0.717, 1.165) is 0 Å². The first-order valence-corrected chi connectivity index (χ1v) is 9.09. The molecule has 0 radical (unpaired) electrons. The molecule has 160 valence electrons. The molecule has 0 unspecified atom stereocenters. The highest BCUT2D eigenvalue weighted by Crippen LogP contribution is 2.11. The van der Waals surface area contributed by atoms with Crippen LogP contribution in [-0.4, -0.2) is 58.6 Å². The Bertz CT molecular complexity index is 661. The van der Waals surface area contributed by atoms with Crippen molar-refractivity contribution in [3.05, 3.63) is 0 Å². The van der Waals surface area contributed by atoms with Gasteiger partial charge in [-0.05, 0) is 19.3 Å². The van der Waals surface area contributed by atoms with Crippen molar-refractivity contribution >= 4 is 42.0 Å². The largest absolute Gasteiger partial charge is 0.352 e. The number of imide groups is 2. The van der Waals surface area contributed by atoms with E-state index in [2.05, 4.69) is 15.0 Å². The minimum atomic E-state index is -0.962. The van der Waals surface area contributed by atoms with Gasteiger partial charge in [-0.1, -0.05) is 6.92 Å². The molecule has 1 rings (SSSR count). The maximum Gasteiger partial charge on any atom is 0.352 e. The molecule has 12 nitrogen and oxygen atoms in total. The zero-order valence-corrected chi connectivity index (χ0v) is 16.0. The number of nitrogens with zero attached hydrogens (tertiary/aromatic N) is 2. The molecule has 5 amide bonds. The third-order valence-electron chi connectivity index (χ3n) is 3.67. The molecule has 1 aliphatic heterocycles. The topological polar surface area (TPSA) is 156 Å². The summed E-state index contributed by atoms with van der Waals surface area (Å²) >= 11 is 0. The fourth-order valence-electron chi connectivity index (χ4n) is 2.22. The fraction of sp³-hybridized carbons (Fsp3) is 0.588. The van der Waals surface area contributed by atoms with Gasteiger partial charge in [-0.15, -0.1) is 10.1 Å². The zero-order valence-electron chi connectivity index (χ0n) is 16.0. The zero-order chi connectivity index (χ0) is 21.8. The Morgan fingerprint density at radius 2 is 1.66 bits per heavy atom. The Kier molecular flexibility index (Phi) is 9.99. The number of unbranched alkanes of at least 4 members (excludes halogenated alkanes) is 1. The van der Waals surface area contributed by atoms with Crippen molar-refractivity contribution in [2.75, 3.05) is 6.54 Å². The standard InChI is InChI=1S/C17H23N3O9/c1-2-5-13(23)19(11-21)28-16(26)7-4-3-6-12(22)18-10-17(27)29-20-14(24)8-9-15(20)25/h11H,2-10H2,1H3,(H,18,22). The number of carbonyl (C=O) groups excluding carboxylic acids is 7. The maximum absolute atomic E-state index is 11.7. The summed E-state index contributed by atoms with van der Waals surface area (Å²) < 4.78 is 0. The third kappa shape index (κ3) is 8.49. The van der Waals surface area contributed by atoms with Crippen molar-refractivity contribution in [3.8, 4) is 0 Å². The minimum Gasteiger partial charge on any atom is -0.345 e. The van der Waals surface area contributed by atoms with Gasteiger partial charge in [-0.2, -0.15) is 0 Å². The molecule has 1 heterocycles. The van der Waals surface area contributed by atoms with Crippen LogP contribution >= 0.6 is 0 Å². The normalized spacial score (nSPS) is 13.1. The van der Waals surface area contributed by atoms with Crippen molar-refractivity contribution in [1.29, 1.82) is 0 Å². The lowest BCUT2D eigenvalue weighted by atomic mass is 10.2. The number of rotatable bonds is 11. The quantitative estimate of drug-likeness (QED) is 0.204. The number of amides is 5. The monoisotopic (exact) mass is 413 g/mol. The Balaban J connectivity index is 2.18. The van der Waals surface area contributed by atoms with E-state index in [1.54, 1.807) is 6.92 Å². The van der Waals surface area contributed by atoms with Crippen molar-refractivity contribution in [3.63, 3.8) is 0 Å². The summed E-state index contributed by atoms with van der Waals surface area (Å²) in [6, 6.07) is 0. The number of nitrogens with one attached hydrogen (secondary N) is 1. The van der Waals surface area contributed by atoms with Gasteiger partial charge in [-0.3, -0.25) is 24.0 Å². The van der Waals surface area contributed by atoms with Crippen LogP contribution < -0.4 is 5.32 Å². The lowest BCUT2D eigenvalue weighted by Gasteiger charge is -2.14. The molecule has 1 N–H and O–H groups in total. The molecule has 0 spiro atoms. The highest BCUT2D eigenvalue weighted by Gasteiger charge is 2.32. The molecule has 0 aliphatic carbocycles. The second-order valence-electron chi connectivity index (χ2n) is 6.07. The molecule has 1 aliphatic rings. The Morgan fingerprint density at radius 3 is 2.24 bits per heavy atom. The van der Waals surface area contributed by atoms with Crippen LogP contribution in [0.4, 0.5) is 0 Å². The van der Waals surface area contributed by atoms with E-state index in [1.807, 2.05) is 0 Å². The van der Waals surface area contributed by atoms with Crippen LogP contribution in [0.5, 0.6) is 0 Å². The first-order valence-electron chi connectivity index (χ1n) is 9.09. The molecule has 0 bridgehead atoms. The first kappa shape index (κ1) is 23.7. The molecule has 0 aromatic carbocycles. The average molecular weight is 413 g/mol. The summed E-state index contributed by atoms with van der Waals surface area (Å²) in [6.45, 7) is 1.21. The van der Waals surface area contributed by atoms with Gasteiger partial charge >= 0.3 is 11.9 Å². The van der Waals surface area contributed by atoms with Crippen molar-refractivity contribution in [1.82, 2.24) is 15.4 Å². The molecule has 0 saturated carbocycles. The van der Waals surface area contributed by atoms with Gasteiger partial charge in [0.1, 0.15) is 6.54 Å². The predicted octanol–water partition coefficient (Wildman–Crippen LogP) is -0.486. The number of carbonyl (C=O) groups is 7. The summed E-state index contributed by atoms with van der Waals surface area (Å²) in [4.78, 5) is 88.9. The molecule has 0 atom stereocenters. The van der Waals surface area contributed by atoms with Gasteiger partial charge in [0.15, 0.2) is 0 Å². The van der Waals surface area contributed by atoms with Crippen molar-refractivity contribution in [2.24, 2.45) is 0 Å². The van der Waals surface area contributed by atoms with Crippen LogP contribution in [0.1, 0.15) is 58.3 Å². The molecule has 12 heteroatoms. The first-order chi connectivity index (χ1) is 13.8. The van der Waals surface area contributed by atoms with Crippen LogP contribution in [0, 0.1) is 0 Å². The predicted molar refractivity (Wildman–Crippen MR) is 92.6 cm³/mol. The number of hydrogen-bond donors (Lipinski definition) is 1. The van der Waals surface area contributed by atoms with Gasteiger partial charge in [0.25, 0.3) is 24.1 Å². The molecule has 0 aromatic rings. The van der Waals surface area contributed by atoms with Gasteiger partial charge in [-0.25, -0.2) is 9.59 Å². The third-order valence-corrected chi connectivity index (χ3v) is 3.67. The van der Waals surface area contributed by atoms with E-state index >= 15 is 0 Å². The maximum atomic E-state index is 11.7. The van der Waals surface area contributed by atoms with E-state index in [1.165, 1.54) is 0 Å². The lowest BCUT2D eigenvalue weighted by molar-refractivity contribution is -0.196. The Labute approximate surface area is 166 Å². The number of hydroxylamine groups is 4. The molecular weight excluding hydrogens is 390 g/mol. The highest BCUT2D eigenvalue weighted by atomic mass is 16.7. The molecule has 29 heavy (non-hydrogen) atoms. The second-order valence-corrected chi connectivity index (χ2v) is 6.07. The van der Waals surface area contributed by atoms with E-state index < -0.39 is 42.1 Å². The fourth-order valence-corrected chi connectivity index (χ4v) is 2.22. The van der Waals surface area contributed by atoms with Crippen LogP contribution in [-0.2, 0) is 43.2 Å². The smallest absolute Gasteiger partial charge is 0.345 e. The molecular formula is C17H23N3O9. The molecule has 1 saturated heterocycles. The van der Waals surface area contributed by atoms with E-state index in [-0.39, 0.29) is 51.4 Å². The van der Waals surface area contributed by atoms with E-state index in [4.69, 9.17) is 0 Å². The number of hydrogen-bond acceptors (Lipinski definition) is 9. The van der Waals surface area contributed by atoms with Gasteiger partial charge in [0.2, 0.25) is 5.91 Å². The molecule has 0 aromatic heterocycles. The summed E-state index contributed by atoms with van der Waals surface area (Å²) in [7, 11) is 0. The Morgan fingerprint density at radius 1 is 1.03 bits per heavy atom.